The van der Waals surface area contributed by atoms with E-state index in [1.807, 2.05) is 36.4 Å². The van der Waals surface area contributed by atoms with E-state index in [1.54, 1.807) is 41.7 Å². The highest BCUT2D eigenvalue weighted by atomic mass is 35.5. The van der Waals surface area contributed by atoms with Gasteiger partial charge in [0.15, 0.2) is 5.11 Å². The van der Waals surface area contributed by atoms with Gasteiger partial charge in [-0.05, 0) is 60.7 Å². The summed E-state index contributed by atoms with van der Waals surface area (Å²) in [4.78, 5) is 17.1. The average Bonchev–Trinajstić information content (AvgIpc) is 3.13. The molecule has 4 aromatic rings. The van der Waals surface area contributed by atoms with E-state index in [0.717, 1.165) is 20.8 Å². The molecule has 8 heteroatoms. The zero-order chi connectivity index (χ0) is 20.4. The number of fused-ring (bicyclic) bond motifs is 1. The number of benzene rings is 3. The van der Waals surface area contributed by atoms with Crippen molar-refractivity contribution >= 4 is 73.7 Å². The summed E-state index contributed by atoms with van der Waals surface area (Å²) in [5.41, 5.74) is 2.84. The lowest BCUT2D eigenvalue weighted by atomic mass is 10.2. The van der Waals surface area contributed by atoms with Crippen LogP contribution in [0.15, 0.2) is 66.7 Å². The molecular weight excluding hydrogens is 445 g/mol. The van der Waals surface area contributed by atoms with Gasteiger partial charge in [0.25, 0.3) is 5.91 Å². The maximum atomic E-state index is 12.4. The van der Waals surface area contributed by atoms with E-state index in [2.05, 4.69) is 15.6 Å². The SMILES string of the molecule is O=C(NC(=S)Nc1ccc(Cl)cc1-c1nc2ccccc2s1)c1cccc(Cl)c1. The maximum Gasteiger partial charge on any atom is 0.257 e. The van der Waals surface area contributed by atoms with Crippen LogP contribution in [0.4, 0.5) is 5.69 Å². The van der Waals surface area contributed by atoms with Gasteiger partial charge in [-0.1, -0.05) is 41.4 Å². The molecule has 0 fully saturated rings. The lowest BCUT2D eigenvalue weighted by Crippen LogP contribution is -2.34. The highest BCUT2D eigenvalue weighted by Crippen LogP contribution is 2.36. The van der Waals surface area contributed by atoms with Crippen LogP contribution in [0.25, 0.3) is 20.8 Å². The van der Waals surface area contributed by atoms with Crippen molar-refractivity contribution in [2.45, 2.75) is 0 Å². The summed E-state index contributed by atoms with van der Waals surface area (Å²) in [5.74, 6) is -0.347. The van der Waals surface area contributed by atoms with Crippen LogP contribution >= 0.6 is 46.8 Å². The van der Waals surface area contributed by atoms with E-state index >= 15 is 0 Å². The number of rotatable bonds is 3. The highest BCUT2D eigenvalue weighted by Gasteiger charge is 2.14. The molecule has 0 spiro atoms. The second kappa shape index (κ2) is 8.47. The predicted molar refractivity (Wildman–Crippen MR) is 125 cm³/mol. The number of amides is 1. The molecule has 4 nitrogen and oxygen atoms in total. The topological polar surface area (TPSA) is 54.0 Å². The summed E-state index contributed by atoms with van der Waals surface area (Å²) in [6.45, 7) is 0. The van der Waals surface area contributed by atoms with Gasteiger partial charge < -0.3 is 5.32 Å². The first-order chi connectivity index (χ1) is 14.0. The third-order valence-electron chi connectivity index (χ3n) is 4.07. The number of halogens is 2. The largest absolute Gasteiger partial charge is 0.332 e. The number of thiocarbonyl (C=S) groups is 1. The van der Waals surface area contributed by atoms with Gasteiger partial charge in [-0.3, -0.25) is 10.1 Å². The van der Waals surface area contributed by atoms with Crippen molar-refractivity contribution in [1.82, 2.24) is 10.3 Å². The quantitative estimate of drug-likeness (QED) is 0.349. The van der Waals surface area contributed by atoms with Crippen LogP contribution in [0.5, 0.6) is 0 Å². The molecule has 0 saturated heterocycles. The van der Waals surface area contributed by atoms with Crippen LogP contribution in [-0.2, 0) is 0 Å². The molecule has 0 saturated carbocycles. The van der Waals surface area contributed by atoms with E-state index in [4.69, 9.17) is 35.4 Å². The summed E-state index contributed by atoms with van der Waals surface area (Å²) >= 11 is 19.0. The standard InChI is InChI=1S/C21H13Cl2N3OS2/c22-13-5-3-4-12(10-13)19(27)26-21(28)25-16-9-8-14(23)11-15(16)20-24-17-6-1-2-7-18(17)29-20/h1-11H,(H2,25,26,27,28). The number of hydrogen-bond donors (Lipinski definition) is 2. The normalized spacial score (nSPS) is 10.7. The first-order valence-electron chi connectivity index (χ1n) is 8.53. The Bertz CT molecular complexity index is 1210. The van der Waals surface area contributed by atoms with E-state index in [-0.39, 0.29) is 11.0 Å². The molecule has 0 unspecified atom stereocenters. The van der Waals surface area contributed by atoms with Crippen molar-refractivity contribution in [1.29, 1.82) is 0 Å². The third kappa shape index (κ3) is 4.57. The number of nitrogens with zero attached hydrogens (tertiary/aromatic N) is 1. The van der Waals surface area contributed by atoms with Crippen LogP contribution in [0, 0.1) is 0 Å². The fourth-order valence-corrected chi connectivity index (χ4v) is 4.31. The van der Waals surface area contributed by atoms with Crippen LogP contribution < -0.4 is 10.6 Å². The molecule has 1 amide bonds. The molecule has 0 radical (unpaired) electrons. The Hall–Kier alpha value is -2.51. The van der Waals surface area contributed by atoms with Crippen LogP contribution in [0.3, 0.4) is 0 Å². The number of thiazole rings is 1. The molecule has 0 aliphatic carbocycles. The Labute approximate surface area is 186 Å². The minimum Gasteiger partial charge on any atom is -0.332 e. The molecule has 2 N–H and O–H groups in total. The van der Waals surface area contributed by atoms with Crippen LogP contribution in [0.2, 0.25) is 10.0 Å². The number of carbonyl (C=O) groups is 1. The zero-order valence-corrected chi connectivity index (χ0v) is 17.9. The number of para-hydroxylation sites is 1. The number of hydrogen-bond acceptors (Lipinski definition) is 4. The van der Waals surface area contributed by atoms with Gasteiger partial charge in [-0.25, -0.2) is 4.98 Å². The van der Waals surface area contributed by atoms with Crippen molar-refractivity contribution in [3.63, 3.8) is 0 Å². The average molecular weight is 458 g/mol. The van der Waals surface area contributed by atoms with Crippen LogP contribution in [-0.4, -0.2) is 16.0 Å². The summed E-state index contributed by atoms with van der Waals surface area (Å²) in [6, 6.07) is 19.9. The van der Waals surface area contributed by atoms with Gasteiger partial charge in [-0.15, -0.1) is 11.3 Å². The van der Waals surface area contributed by atoms with Crippen LogP contribution in [0.1, 0.15) is 10.4 Å². The van der Waals surface area contributed by atoms with Gasteiger partial charge in [0.2, 0.25) is 0 Å². The summed E-state index contributed by atoms with van der Waals surface area (Å²) in [7, 11) is 0. The zero-order valence-electron chi connectivity index (χ0n) is 14.8. The monoisotopic (exact) mass is 457 g/mol. The molecule has 29 heavy (non-hydrogen) atoms. The Balaban J connectivity index is 1.59. The fourth-order valence-electron chi connectivity index (χ4n) is 2.75. The minimum atomic E-state index is -0.347. The predicted octanol–water partition coefficient (Wildman–Crippen LogP) is 6.40. The van der Waals surface area contributed by atoms with Crippen molar-refractivity contribution in [3.05, 3.63) is 82.3 Å². The van der Waals surface area contributed by atoms with Gasteiger partial charge in [0.1, 0.15) is 5.01 Å². The smallest absolute Gasteiger partial charge is 0.257 e. The highest BCUT2D eigenvalue weighted by molar-refractivity contribution is 7.80. The molecule has 4 rings (SSSR count). The van der Waals surface area contributed by atoms with E-state index in [9.17, 15) is 4.79 Å². The molecule has 1 aromatic heterocycles. The molecular formula is C21H13Cl2N3OS2. The van der Waals surface area contributed by atoms with E-state index < -0.39 is 0 Å². The van der Waals surface area contributed by atoms with Gasteiger partial charge in [-0.2, -0.15) is 0 Å². The molecule has 144 valence electrons. The molecule has 3 aromatic carbocycles. The lowest BCUT2D eigenvalue weighted by Gasteiger charge is -2.13. The Morgan fingerprint density at radius 3 is 2.55 bits per heavy atom. The van der Waals surface area contributed by atoms with Crippen molar-refractivity contribution in [2.75, 3.05) is 5.32 Å². The molecule has 0 aliphatic rings. The summed E-state index contributed by atoms with van der Waals surface area (Å²) in [5, 5.41) is 7.77. The second-order valence-corrected chi connectivity index (χ2v) is 8.41. The minimum absolute atomic E-state index is 0.166. The maximum absolute atomic E-state index is 12.4. The summed E-state index contributed by atoms with van der Waals surface area (Å²) in [6.07, 6.45) is 0. The molecule has 0 aliphatic heterocycles. The molecule has 1 heterocycles. The number of carbonyl (C=O) groups excluding carboxylic acids is 1. The number of anilines is 1. The Morgan fingerprint density at radius 2 is 1.76 bits per heavy atom. The van der Waals surface area contributed by atoms with Gasteiger partial charge in [0, 0.05) is 21.2 Å². The second-order valence-electron chi connectivity index (χ2n) is 6.10. The fraction of sp³-hybridized carbons (Fsp3) is 0. The summed E-state index contributed by atoms with van der Waals surface area (Å²) < 4.78 is 1.07. The lowest BCUT2D eigenvalue weighted by molar-refractivity contribution is 0.0977. The first kappa shape index (κ1) is 19.8. The Kier molecular flexibility index (Phi) is 5.78. The van der Waals surface area contributed by atoms with Gasteiger partial charge in [0.05, 0.1) is 15.9 Å². The van der Waals surface area contributed by atoms with Gasteiger partial charge >= 0.3 is 0 Å². The van der Waals surface area contributed by atoms with Crippen molar-refractivity contribution in [2.24, 2.45) is 0 Å². The number of nitrogens with one attached hydrogen (secondary N) is 2. The first-order valence-corrected chi connectivity index (χ1v) is 10.5. The Morgan fingerprint density at radius 1 is 0.966 bits per heavy atom. The molecule has 0 bridgehead atoms. The molecule has 0 atom stereocenters. The third-order valence-corrected chi connectivity index (χ3v) is 5.81. The van der Waals surface area contributed by atoms with Crippen molar-refractivity contribution in [3.8, 4) is 10.6 Å². The number of aromatic nitrogens is 1. The van der Waals surface area contributed by atoms with E-state index in [1.165, 1.54) is 0 Å². The van der Waals surface area contributed by atoms with E-state index in [0.29, 0.717) is 21.3 Å². The van der Waals surface area contributed by atoms with Crippen molar-refractivity contribution < 1.29 is 4.79 Å².